The average molecular weight is 521 g/mol. The zero-order valence-electron chi connectivity index (χ0n) is 21.6. The summed E-state index contributed by atoms with van der Waals surface area (Å²) in [5, 5.41) is 13.9. The summed E-state index contributed by atoms with van der Waals surface area (Å²) in [6.45, 7) is 0. The molecule has 0 heterocycles. The lowest BCUT2D eigenvalue weighted by molar-refractivity contribution is -0.385. The number of nitrogens with one attached hydrogen (secondary N) is 1. The molecule has 3 rings (SSSR count). The van der Waals surface area contributed by atoms with Gasteiger partial charge in [-0.3, -0.25) is 14.9 Å². The molecular weight excluding hydrogens is 492 g/mol. The quantitative estimate of drug-likeness (QED) is 0.153. The lowest BCUT2D eigenvalue weighted by Gasteiger charge is -2.13. The molecule has 0 saturated heterocycles. The molecule has 1 amide bonds. The van der Waals surface area contributed by atoms with E-state index in [1.54, 1.807) is 51.7 Å². The second-order valence-corrected chi connectivity index (χ2v) is 7.76. The predicted molar refractivity (Wildman–Crippen MR) is 145 cm³/mol. The molecular formula is C28H28N2O8. The van der Waals surface area contributed by atoms with Gasteiger partial charge in [0.1, 0.15) is 5.75 Å². The molecule has 0 spiro atoms. The van der Waals surface area contributed by atoms with Crippen molar-refractivity contribution in [2.75, 3.05) is 40.9 Å². The lowest BCUT2D eigenvalue weighted by atomic mass is 10.1. The Morgan fingerprint density at radius 2 is 1.42 bits per heavy atom. The maximum Gasteiger partial charge on any atom is 0.310 e. The number of nitro benzene ring substituents is 1. The number of hydrogen-bond donors (Lipinski definition) is 1. The smallest absolute Gasteiger partial charge is 0.310 e. The van der Waals surface area contributed by atoms with Crippen molar-refractivity contribution >= 4 is 35.5 Å². The van der Waals surface area contributed by atoms with Gasteiger partial charge in [0.05, 0.1) is 40.5 Å². The van der Waals surface area contributed by atoms with E-state index in [0.717, 1.165) is 5.56 Å². The highest BCUT2D eigenvalue weighted by molar-refractivity contribution is 6.03. The molecule has 38 heavy (non-hydrogen) atoms. The standard InChI is InChI=1S/C28H28N2O8/c1-34-21-10-11-22(29-27(31)13-8-18-7-12-23(30(32)33)24(14-18)35-2)20(17-21)9-6-19-15-25(36-3)28(38-5)26(16-19)37-4/h6-17H,1-5H3,(H,29,31)/b9-6+,13-8+. The number of hydrogen-bond acceptors (Lipinski definition) is 8. The van der Waals surface area contributed by atoms with Crippen molar-refractivity contribution in [1.82, 2.24) is 0 Å². The van der Waals surface area contributed by atoms with Crippen LogP contribution in [0.25, 0.3) is 18.2 Å². The Bertz CT molecular complexity index is 1360. The minimum absolute atomic E-state index is 0.104. The topological polar surface area (TPSA) is 118 Å². The van der Waals surface area contributed by atoms with Crippen LogP contribution >= 0.6 is 0 Å². The number of carbonyl (C=O) groups excluding carboxylic acids is 1. The van der Waals surface area contributed by atoms with E-state index in [-0.39, 0.29) is 11.4 Å². The van der Waals surface area contributed by atoms with Gasteiger partial charge in [-0.05, 0) is 59.7 Å². The average Bonchev–Trinajstić information content (AvgIpc) is 2.94. The van der Waals surface area contributed by atoms with Gasteiger partial charge in [-0.2, -0.15) is 0 Å². The number of nitrogens with zero attached hydrogens (tertiary/aromatic N) is 1. The van der Waals surface area contributed by atoms with E-state index in [4.69, 9.17) is 23.7 Å². The number of rotatable bonds is 11. The summed E-state index contributed by atoms with van der Waals surface area (Å²) in [6, 6.07) is 13.2. The summed E-state index contributed by atoms with van der Waals surface area (Å²) in [7, 11) is 7.52. The fourth-order valence-corrected chi connectivity index (χ4v) is 3.60. The van der Waals surface area contributed by atoms with Crippen LogP contribution in [0.15, 0.2) is 54.6 Å². The molecule has 3 aromatic rings. The Kier molecular flexibility index (Phi) is 9.31. The maximum atomic E-state index is 12.7. The Hall–Kier alpha value is -4.99. The van der Waals surface area contributed by atoms with E-state index in [1.165, 1.54) is 44.6 Å². The maximum absolute atomic E-state index is 12.7. The second-order valence-electron chi connectivity index (χ2n) is 7.76. The summed E-state index contributed by atoms with van der Waals surface area (Å²) < 4.78 is 26.6. The number of nitro groups is 1. The van der Waals surface area contributed by atoms with Gasteiger partial charge >= 0.3 is 5.69 Å². The van der Waals surface area contributed by atoms with Gasteiger partial charge in [0, 0.05) is 23.4 Å². The highest BCUT2D eigenvalue weighted by Gasteiger charge is 2.14. The summed E-state index contributed by atoms with van der Waals surface area (Å²) >= 11 is 0. The van der Waals surface area contributed by atoms with Gasteiger partial charge in [-0.1, -0.05) is 12.2 Å². The number of methoxy groups -OCH3 is 5. The van der Waals surface area contributed by atoms with Gasteiger partial charge < -0.3 is 29.0 Å². The SMILES string of the molecule is COc1ccc(NC(=O)/C=C/c2ccc([N+](=O)[O-])c(OC)c2)c(/C=C/c2cc(OC)c(OC)c(OC)c2)c1. The number of ether oxygens (including phenoxy) is 5. The molecule has 0 saturated carbocycles. The molecule has 198 valence electrons. The van der Waals surface area contributed by atoms with Crippen molar-refractivity contribution in [3.63, 3.8) is 0 Å². The first-order valence-corrected chi connectivity index (χ1v) is 11.3. The van der Waals surface area contributed by atoms with Gasteiger partial charge in [0.25, 0.3) is 0 Å². The van der Waals surface area contributed by atoms with Crippen LogP contribution in [0.3, 0.4) is 0 Å². The lowest BCUT2D eigenvalue weighted by Crippen LogP contribution is -2.09. The zero-order valence-corrected chi connectivity index (χ0v) is 21.6. The minimum atomic E-state index is -0.532. The van der Waals surface area contributed by atoms with Crippen LogP contribution in [-0.4, -0.2) is 46.4 Å². The monoisotopic (exact) mass is 520 g/mol. The van der Waals surface area contributed by atoms with Crippen LogP contribution < -0.4 is 29.0 Å². The molecule has 0 atom stereocenters. The number of carbonyl (C=O) groups is 1. The number of benzene rings is 3. The Morgan fingerprint density at radius 3 is 2.00 bits per heavy atom. The molecule has 0 aliphatic rings. The largest absolute Gasteiger partial charge is 0.497 e. The molecule has 0 aliphatic heterocycles. The van der Waals surface area contributed by atoms with Crippen LogP contribution in [0.5, 0.6) is 28.7 Å². The van der Waals surface area contributed by atoms with Crippen molar-refractivity contribution < 1.29 is 33.4 Å². The van der Waals surface area contributed by atoms with E-state index in [9.17, 15) is 14.9 Å². The first-order valence-electron chi connectivity index (χ1n) is 11.3. The molecule has 10 nitrogen and oxygen atoms in total. The van der Waals surface area contributed by atoms with Crippen molar-refractivity contribution in [2.24, 2.45) is 0 Å². The Labute approximate surface area is 220 Å². The Morgan fingerprint density at radius 1 is 0.763 bits per heavy atom. The van der Waals surface area contributed by atoms with Crippen molar-refractivity contribution in [1.29, 1.82) is 0 Å². The summed E-state index contributed by atoms with van der Waals surface area (Å²) in [5.41, 5.74) is 2.43. The molecule has 3 aromatic carbocycles. The molecule has 0 aromatic heterocycles. The molecule has 1 N–H and O–H groups in total. The third-order valence-electron chi connectivity index (χ3n) is 5.49. The summed E-state index contributed by atoms with van der Waals surface area (Å²) in [6.07, 6.45) is 6.53. The fourth-order valence-electron chi connectivity index (χ4n) is 3.60. The van der Waals surface area contributed by atoms with E-state index in [0.29, 0.717) is 39.8 Å². The van der Waals surface area contributed by atoms with Crippen LogP contribution in [0.4, 0.5) is 11.4 Å². The number of anilines is 1. The minimum Gasteiger partial charge on any atom is -0.497 e. The first kappa shape index (κ1) is 27.6. The van der Waals surface area contributed by atoms with E-state index < -0.39 is 10.8 Å². The van der Waals surface area contributed by atoms with Crippen LogP contribution in [-0.2, 0) is 4.79 Å². The Balaban J connectivity index is 1.86. The van der Waals surface area contributed by atoms with Gasteiger partial charge in [-0.25, -0.2) is 0 Å². The van der Waals surface area contributed by atoms with Crippen molar-refractivity contribution in [2.45, 2.75) is 0 Å². The fraction of sp³-hybridized carbons (Fsp3) is 0.179. The summed E-state index contributed by atoms with van der Waals surface area (Å²) in [5.74, 6) is 1.83. The normalized spacial score (nSPS) is 10.9. The van der Waals surface area contributed by atoms with E-state index in [1.807, 2.05) is 12.2 Å². The van der Waals surface area contributed by atoms with E-state index in [2.05, 4.69) is 5.32 Å². The molecule has 0 bridgehead atoms. The molecule has 0 fully saturated rings. The zero-order chi connectivity index (χ0) is 27.7. The van der Waals surface area contributed by atoms with Crippen LogP contribution in [0.1, 0.15) is 16.7 Å². The summed E-state index contributed by atoms with van der Waals surface area (Å²) in [4.78, 5) is 23.2. The van der Waals surface area contributed by atoms with Gasteiger partial charge in [-0.15, -0.1) is 0 Å². The highest BCUT2D eigenvalue weighted by Crippen LogP contribution is 2.39. The third-order valence-corrected chi connectivity index (χ3v) is 5.49. The van der Waals surface area contributed by atoms with Crippen molar-refractivity contribution in [3.8, 4) is 28.7 Å². The molecule has 0 radical (unpaired) electrons. The first-order chi connectivity index (χ1) is 18.3. The van der Waals surface area contributed by atoms with Crippen LogP contribution in [0.2, 0.25) is 0 Å². The highest BCUT2D eigenvalue weighted by atomic mass is 16.6. The predicted octanol–water partition coefficient (Wildman–Crippen LogP) is 5.46. The number of amides is 1. The molecule has 0 aliphatic carbocycles. The molecule has 0 unspecified atom stereocenters. The van der Waals surface area contributed by atoms with Gasteiger partial charge in [0.2, 0.25) is 11.7 Å². The van der Waals surface area contributed by atoms with Crippen molar-refractivity contribution in [3.05, 3.63) is 81.4 Å². The molecule has 10 heteroatoms. The van der Waals surface area contributed by atoms with Gasteiger partial charge in [0.15, 0.2) is 17.2 Å². The third kappa shape index (κ3) is 6.61. The van der Waals surface area contributed by atoms with E-state index >= 15 is 0 Å². The second kappa shape index (κ2) is 12.8. The van der Waals surface area contributed by atoms with Crippen LogP contribution in [0, 0.1) is 10.1 Å².